The lowest BCUT2D eigenvalue weighted by atomic mass is 10.1. The summed E-state index contributed by atoms with van der Waals surface area (Å²) in [4.78, 5) is 12.1. The van der Waals surface area contributed by atoms with Gasteiger partial charge in [-0.15, -0.1) is 0 Å². The molecule has 0 bridgehead atoms. The van der Waals surface area contributed by atoms with Crippen LogP contribution in [0.25, 0.3) is 0 Å². The van der Waals surface area contributed by atoms with E-state index in [0.717, 1.165) is 12.8 Å². The van der Waals surface area contributed by atoms with Crippen LogP contribution >= 0.6 is 0 Å². The molecule has 1 aromatic rings. The van der Waals surface area contributed by atoms with E-state index in [9.17, 15) is 4.79 Å². The van der Waals surface area contributed by atoms with Gasteiger partial charge in [0.15, 0.2) is 0 Å². The largest absolute Gasteiger partial charge is 0.497 e. The second kappa shape index (κ2) is 6.89. The molecule has 1 amide bonds. The second-order valence-electron chi connectivity index (χ2n) is 4.23. The first-order valence-electron chi connectivity index (χ1n) is 6.15. The van der Waals surface area contributed by atoms with Gasteiger partial charge in [-0.1, -0.05) is 13.3 Å². The molecule has 0 radical (unpaired) electrons. The molecular formula is C14H21NO3. The van der Waals surface area contributed by atoms with E-state index in [1.165, 1.54) is 0 Å². The standard InChI is InChI=1S/C14H21NO3/c1-5-6-10(2)15-14(16)12-8-7-11(17-3)9-13(12)18-4/h7-10H,5-6H2,1-4H3,(H,15,16)/t10-/m0/s1. The third-order valence-electron chi connectivity index (χ3n) is 2.75. The third-order valence-corrected chi connectivity index (χ3v) is 2.75. The van der Waals surface area contributed by atoms with Gasteiger partial charge in [0.1, 0.15) is 11.5 Å². The fourth-order valence-corrected chi connectivity index (χ4v) is 1.79. The highest BCUT2D eigenvalue weighted by Crippen LogP contribution is 2.24. The zero-order valence-electron chi connectivity index (χ0n) is 11.4. The topological polar surface area (TPSA) is 47.6 Å². The molecule has 4 nitrogen and oxygen atoms in total. The Bertz CT molecular complexity index is 404. The summed E-state index contributed by atoms with van der Waals surface area (Å²) >= 11 is 0. The molecule has 0 aliphatic carbocycles. The van der Waals surface area contributed by atoms with E-state index in [0.29, 0.717) is 17.1 Å². The number of methoxy groups -OCH3 is 2. The smallest absolute Gasteiger partial charge is 0.255 e. The van der Waals surface area contributed by atoms with Crippen LogP contribution < -0.4 is 14.8 Å². The summed E-state index contributed by atoms with van der Waals surface area (Å²) < 4.78 is 10.3. The highest BCUT2D eigenvalue weighted by atomic mass is 16.5. The van der Waals surface area contributed by atoms with Gasteiger partial charge in [0.05, 0.1) is 19.8 Å². The van der Waals surface area contributed by atoms with E-state index in [1.54, 1.807) is 32.4 Å². The maximum atomic E-state index is 12.1. The van der Waals surface area contributed by atoms with E-state index in [1.807, 2.05) is 6.92 Å². The molecule has 0 saturated heterocycles. The van der Waals surface area contributed by atoms with Gasteiger partial charge in [0, 0.05) is 12.1 Å². The van der Waals surface area contributed by atoms with Crippen molar-refractivity contribution in [3.8, 4) is 11.5 Å². The minimum absolute atomic E-state index is 0.115. The first kappa shape index (κ1) is 14.4. The van der Waals surface area contributed by atoms with Crippen molar-refractivity contribution < 1.29 is 14.3 Å². The van der Waals surface area contributed by atoms with Crippen molar-refractivity contribution in [3.63, 3.8) is 0 Å². The Balaban J connectivity index is 2.84. The van der Waals surface area contributed by atoms with Gasteiger partial charge >= 0.3 is 0 Å². The molecule has 0 aliphatic heterocycles. The monoisotopic (exact) mass is 251 g/mol. The molecule has 1 atom stereocenters. The Morgan fingerprint density at radius 3 is 2.61 bits per heavy atom. The molecule has 0 aromatic heterocycles. The number of ether oxygens (including phenoxy) is 2. The fourth-order valence-electron chi connectivity index (χ4n) is 1.79. The summed E-state index contributed by atoms with van der Waals surface area (Å²) in [5.41, 5.74) is 0.529. The lowest BCUT2D eigenvalue weighted by molar-refractivity contribution is 0.0935. The first-order valence-corrected chi connectivity index (χ1v) is 6.15. The quantitative estimate of drug-likeness (QED) is 0.845. The molecule has 0 heterocycles. The first-order chi connectivity index (χ1) is 8.62. The molecule has 1 rings (SSSR count). The molecule has 1 N–H and O–H groups in total. The number of nitrogens with one attached hydrogen (secondary N) is 1. The summed E-state index contributed by atoms with van der Waals surface area (Å²) in [5, 5.41) is 2.95. The van der Waals surface area contributed by atoms with Crippen LogP contribution in [0.1, 0.15) is 37.0 Å². The van der Waals surface area contributed by atoms with Gasteiger partial charge in [-0.05, 0) is 25.5 Å². The van der Waals surface area contributed by atoms with Crippen LogP contribution in [0, 0.1) is 0 Å². The highest BCUT2D eigenvalue weighted by molar-refractivity contribution is 5.97. The van der Waals surface area contributed by atoms with E-state index >= 15 is 0 Å². The SMILES string of the molecule is CCC[C@H](C)NC(=O)c1ccc(OC)cc1OC. The predicted molar refractivity (Wildman–Crippen MR) is 71.4 cm³/mol. The van der Waals surface area contributed by atoms with Crippen LogP contribution in [0.4, 0.5) is 0 Å². The normalized spacial score (nSPS) is 11.8. The molecule has 0 unspecified atom stereocenters. The van der Waals surface area contributed by atoms with Crippen LogP contribution in [-0.4, -0.2) is 26.2 Å². The zero-order chi connectivity index (χ0) is 13.5. The Morgan fingerprint density at radius 1 is 1.33 bits per heavy atom. The van der Waals surface area contributed by atoms with Crippen molar-refractivity contribution in [3.05, 3.63) is 23.8 Å². The Morgan fingerprint density at radius 2 is 2.06 bits per heavy atom. The molecule has 4 heteroatoms. The van der Waals surface area contributed by atoms with Gasteiger partial charge in [-0.25, -0.2) is 0 Å². The second-order valence-corrected chi connectivity index (χ2v) is 4.23. The summed E-state index contributed by atoms with van der Waals surface area (Å²) in [5.74, 6) is 1.08. The predicted octanol–water partition coefficient (Wildman–Crippen LogP) is 2.62. The molecule has 0 saturated carbocycles. The maximum absolute atomic E-state index is 12.1. The summed E-state index contributed by atoms with van der Waals surface area (Å²) in [6.45, 7) is 4.09. The third kappa shape index (κ3) is 3.65. The van der Waals surface area contributed by atoms with Gasteiger partial charge in [-0.2, -0.15) is 0 Å². The van der Waals surface area contributed by atoms with Crippen LogP contribution in [0.2, 0.25) is 0 Å². The average molecular weight is 251 g/mol. The van der Waals surface area contributed by atoms with Crippen LogP contribution in [0.3, 0.4) is 0 Å². The van der Waals surface area contributed by atoms with Crippen molar-refractivity contribution in [1.29, 1.82) is 0 Å². The number of amides is 1. The van der Waals surface area contributed by atoms with E-state index in [2.05, 4.69) is 12.2 Å². The number of carbonyl (C=O) groups excluding carboxylic acids is 1. The molecule has 100 valence electrons. The number of carbonyl (C=O) groups is 1. The average Bonchev–Trinajstić information content (AvgIpc) is 2.38. The lowest BCUT2D eigenvalue weighted by Crippen LogP contribution is -2.32. The summed E-state index contributed by atoms with van der Waals surface area (Å²) in [6.07, 6.45) is 2.01. The van der Waals surface area contributed by atoms with E-state index < -0.39 is 0 Å². The number of rotatable bonds is 6. The number of benzene rings is 1. The van der Waals surface area contributed by atoms with Gasteiger partial charge in [0.25, 0.3) is 5.91 Å². The van der Waals surface area contributed by atoms with Crippen molar-refractivity contribution in [2.45, 2.75) is 32.7 Å². The molecular weight excluding hydrogens is 230 g/mol. The van der Waals surface area contributed by atoms with Crippen molar-refractivity contribution in [2.24, 2.45) is 0 Å². The van der Waals surface area contributed by atoms with Crippen molar-refractivity contribution >= 4 is 5.91 Å². The molecule has 0 spiro atoms. The van der Waals surface area contributed by atoms with Gasteiger partial charge in [0.2, 0.25) is 0 Å². The Kier molecular flexibility index (Phi) is 5.49. The minimum atomic E-state index is -0.115. The molecule has 1 aromatic carbocycles. The van der Waals surface area contributed by atoms with Crippen LogP contribution in [-0.2, 0) is 0 Å². The Labute approximate surface area is 108 Å². The van der Waals surface area contributed by atoms with Crippen molar-refractivity contribution in [2.75, 3.05) is 14.2 Å². The maximum Gasteiger partial charge on any atom is 0.255 e. The van der Waals surface area contributed by atoms with E-state index in [4.69, 9.17) is 9.47 Å². The molecule has 0 aliphatic rings. The van der Waals surface area contributed by atoms with Gasteiger partial charge in [-0.3, -0.25) is 4.79 Å². The summed E-state index contributed by atoms with van der Waals surface area (Å²) in [6, 6.07) is 5.33. The highest BCUT2D eigenvalue weighted by Gasteiger charge is 2.14. The fraction of sp³-hybridized carbons (Fsp3) is 0.500. The van der Waals surface area contributed by atoms with Crippen LogP contribution in [0.15, 0.2) is 18.2 Å². The van der Waals surface area contributed by atoms with Crippen LogP contribution in [0.5, 0.6) is 11.5 Å². The minimum Gasteiger partial charge on any atom is -0.497 e. The van der Waals surface area contributed by atoms with Gasteiger partial charge < -0.3 is 14.8 Å². The number of hydrogen-bond acceptors (Lipinski definition) is 3. The van der Waals surface area contributed by atoms with E-state index in [-0.39, 0.29) is 11.9 Å². The number of hydrogen-bond donors (Lipinski definition) is 1. The zero-order valence-corrected chi connectivity index (χ0v) is 11.4. The molecule has 0 fully saturated rings. The van der Waals surface area contributed by atoms with Crippen molar-refractivity contribution in [1.82, 2.24) is 5.32 Å². The Hall–Kier alpha value is -1.71. The molecule has 18 heavy (non-hydrogen) atoms. The summed E-state index contributed by atoms with van der Waals surface area (Å²) in [7, 11) is 3.12. The lowest BCUT2D eigenvalue weighted by Gasteiger charge is -2.15.